The maximum atomic E-state index is 12.0. The number of hydrogen-bond acceptors (Lipinski definition) is 5. The molecule has 1 heterocycles. The number of aromatic hydroxyl groups is 1. The van der Waals surface area contributed by atoms with Gasteiger partial charge in [0.2, 0.25) is 11.8 Å². The zero-order valence-corrected chi connectivity index (χ0v) is 11.6. The van der Waals surface area contributed by atoms with E-state index < -0.39 is 5.91 Å². The SMILES string of the molecule is COc1cc(C)nc(NC(=O)c2ccc(O)c(Cl)c2)n1. The topological polar surface area (TPSA) is 84.3 Å². The number of nitrogens with zero attached hydrogens (tertiary/aromatic N) is 2. The van der Waals surface area contributed by atoms with Gasteiger partial charge in [0.05, 0.1) is 12.1 Å². The zero-order valence-electron chi connectivity index (χ0n) is 10.8. The summed E-state index contributed by atoms with van der Waals surface area (Å²) < 4.78 is 5.00. The number of methoxy groups -OCH3 is 1. The predicted octanol–water partition coefficient (Wildman–Crippen LogP) is 2.40. The lowest BCUT2D eigenvalue weighted by Gasteiger charge is -2.07. The number of nitrogens with one attached hydrogen (secondary N) is 1. The summed E-state index contributed by atoms with van der Waals surface area (Å²) in [4.78, 5) is 20.1. The second kappa shape index (κ2) is 5.75. The van der Waals surface area contributed by atoms with Gasteiger partial charge in [-0.25, -0.2) is 4.98 Å². The highest BCUT2D eigenvalue weighted by Crippen LogP contribution is 2.24. The van der Waals surface area contributed by atoms with E-state index in [1.807, 2.05) is 0 Å². The van der Waals surface area contributed by atoms with Gasteiger partial charge in [0.1, 0.15) is 5.75 Å². The molecular formula is C13H12ClN3O3. The second-order valence-corrected chi connectivity index (χ2v) is 4.40. The Morgan fingerprint density at radius 3 is 2.75 bits per heavy atom. The molecule has 0 aliphatic carbocycles. The van der Waals surface area contributed by atoms with Crippen LogP contribution in [0, 0.1) is 6.92 Å². The van der Waals surface area contributed by atoms with Crippen molar-refractivity contribution in [2.24, 2.45) is 0 Å². The second-order valence-electron chi connectivity index (χ2n) is 4.00. The molecule has 1 aromatic carbocycles. The van der Waals surface area contributed by atoms with Crippen LogP contribution in [0.3, 0.4) is 0 Å². The van der Waals surface area contributed by atoms with Gasteiger partial charge in [-0.3, -0.25) is 10.1 Å². The quantitative estimate of drug-likeness (QED) is 0.908. The molecule has 20 heavy (non-hydrogen) atoms. The molecule has 1 aromatic heterocycles. The van der Waals surface area contributed by atoms with Gasteiger partial charge in [0.15, 0.2) is 0 Å². The van der Waals surface area contributed by atoms with E-state index in [9.17, 15) is 9.90 Å². The van der Waals surface area contributed by atoms with Crippen molar-refractivity contribution < 1.29 is 14.6 Å². The lowest BCUT2D eigenvalue weighted by atomic mass is 10.2. The van der Waals surface area contributed by atoms with Gasteiger partial charge in [-0.15, -0.1) is 0 Å². The summed E-state index contributed by atoms with van der Waals surface area (Å²) in [7, 11) is 1.48. The Kier molecular flexibility index (Phi) is 4.05. The number of carbonyl (C=O) groups excluding carboxylic acids is 1. The number of phenolic OH excluding ortho intramolecular Hbond substituents is 1. The summed E-state index contributed by atoms with van der Waals surface area (Å²) in [5, 5.41) is 12.0. The van der Waals surface area contributed by atoms with Gasteiger partial charge < -0.3 is 9.84 Å². The zero-order chi connectivity index (χ0) is 14.7. The van der Waals surface area contributed by atoms with Gasteiger partial charge in [0, 0.05) is 17.3 Å². The lowest BCUT2D eigenvalue weighted by molar-refractivity contribution is 0.102. The summed E-state index contributed by atoms with van der Waals surface area (Å²) in [6.07, 6.45) is 0. The van der Waals surface area contributed by atoms with E-state index in [2.05, 4.69) is 15.3 Å². The highest BCUT2D eigenvalue weighted by molar-refractivity contribution is 6.32. The molecule has 0 aliphatic rings. The summed E-state index contributed by atoms with van der Waals surface area (Å²) in [6, 6.07) is 5.80. The number of amides is 1. The van der Waals surface area contributed by atoms with Crippen LogP contribution in [0.5, 0.6) is 11.6 Å². The highest BCUT2D eigenvalue weighted by Gasteiger charge is 2.11. The Morgan fingerprint density at radius 2 is 2.10 bits per heavy atom. The van der Waals surface area contributed by atoms with Gasteiger partial charge in [-0.2, -0.15) is 4.98 Å². The van der Waals surface area contributed by atoms with E-state index in [-0.39, 0.29) is 22.3 Å². The largest absolute Gasteiger partial charge is 0.506 e. The molecule has 6 nitrogen and oxygen atoms in total. The van der Waals surface area contributed by atoms with Crippen molar-refractivity contribution in [1.29, 1.82) is 0 Å². The first-order chi connectivity index (χ1) is 9.49. The smallest absolute Gasteiger partial charge is 0.258 e. The fourth-order valence-electron chi connectivity index (χ4n) is 1.52. The third-order valence-electron chi connectivity index (χ3n) is 2.48. The number of rotatable bonds is 3. The van der Waals surface area contributed by atoms with Crippen LogP contribution in [-0.4, -0.2) is 28.1 Å². The molecule has 7 heteroatoms. The number of halogens is 1. The fourth-order valence-corrected chi connectivity index (χ4v) is 1.70. The Balaban J connectivity index is 2.23. The van der Waals surface area contributed by atoms with Crippen molar-refractivity contribution in [3.63, 3.8) is 0 Å². The number of anilines is 1. The normalized spacial score (nSPS) is 10.2. The summed E-state index contributed by atoms with van der Waals surface area (Å²) in [5.41, 5.74) is 0.952. The minimum Gasteiger partial charge on any atom is -0.506 e. The van der Waals surface area contributed by atoms with Crippen LogP contribution in [0.4, 0.5) is 5.95 Å². The average molecular weight is 294 g/mol. The number of ether oxygens (including phenoxy) is 1. The van der Waals surface area contributed by atoms with E-state index in [0.29, 0.717) is 11.6 Å². The Bertz CT molecular complexity index is 661. The molecule has 0 unspecified atom stereocenters. The van der Waals surface area contributed by atoms with E-state index in [1.54, 1.807) is 13.0 Å². The number of aromatic nitrogens is 2. The van der Waals surface area contributed by atoms with Crippen LogP contribution in [-0.2, 0) is 0 Å². The number of benzene rings is 1. The molecule has 0 saturated heterocycles. The van der Waals surface area contributed by atoms with Crippen LogP contribution >= 0.6 is 11.6 Å². The van der Waals surface area contributed by atoms with Gasteiger partial charge in [0.25, 0.3) is 5.91 Å². The van der Waals surface area contributed by atoms with Crippen LogP contribution in [0.25, 0.3) is 0 Å². The Labute approximate surface area is 120 Å². The molecule has 0 atom stereocenters. The van der Waals surface area contributed by atoms with E-state index in [0.717, 1.165) is 0 Å². The van der Waals surface area contributed by atoms with Crippen LogP contribution in [0.1, 0.15) is 16.1 Å². The van der Waals surface area contributed by atoms with Gasteiger partial charge >= 0.3 is 0 Å². The van der Waals surface area contributed by atoms with Gasteiger partial charge in [-0.1, -0.05) is 11.6 Å². The standard InChI is InChI=1S/C13H12ClN3O3/c1-7-5-11(20-2)16-13(15-7)17-12(19)8-3-4-10(18)9(14)6-8/h3-6,18H,1-2H3,(H,15,16,17,19). The maximum absolute atomic E-state index is 12.0. The van der Waals surface area contributed by atoms with E-state index in [1.165, 1.54) is 25.3 Å². The van der Waals surface area contributed by atoms with Crippen LogP contribution in [0.15, 0.2) is 24.3 Å². The Morgan fingerprint density at radius 1 is 1.35 bits per heavy atom. The summed E-state index contributed by atoms with van der Waals surface area (Å²) in [5.74, 6) is -0.0242. The van der Waals surface area contributed by atoms with Crippen molar-refractivity contribution in [2.75, 3.05) is 12.4 Å². The molecular weight excluding hydrogens is 282 g/mol. The highest BCUT2D eigenvalue weighted by atomic mass is 35.5. The minimum absolute atomic E-state index is 0.0864. The first-order valence-electron chi connectivity index (χ1n) is 5.69. The number of carbonyl (C=O) groups is 1. The Hall–Kier alpha value is -2.34. The van der Waals surface area contributed by atoms with Crippen molar-refractivity contribution >= 4 is 23.5 Å². The monoisotopic (exact) mass is 293 g/mol. The fraction of sp³-hybridized carbons (Fsp3) is 0.154. The summed E-state index contributed by atoms with van der Waals surface area (Å²) in [6.45, 7) is 1.76. The average Bonchev–Trinajstić information content (AvgIpc) is 2.41. The number of aryl methyl sites for hydroxylation is 1. The predicted molar refractivity (Wildman–Crippen MR) is 74.4 cm³/mol. The van der Waals surface area contributed by atoms with Crippen molar-refractivity contribution in [3.05, 3.63) is 40.5 Å². The molecule has 104 valence electrons. The van der Waals surface area contributed by atoms with E-state index >= 15 is 0 Å². The van der Waals surface area contributed by atoms with Crippen molar-refractivity contribution in [1.82, 2.24) is 9.97 Å². The van der Waals surface area contributed by atoms with Crippen molar-refractivity contribution in [2.45, 2.75) is 6.92 Å². The minimum atomic E-state index is -0.431. The molecule has 0 aliphatic heterocycles. The van der Waals surface area contributed by atoms with Crippen molar-refractivity contribution in [3.8, 4) is 11.6 Å². The third-order valence-corrected chi connectivity index (χ3v) is 2.78. The number of phenols is 1. The molecule has 0 fully saturated rings. The van der Waals surface area contributed by atoms with E-state index in [4.69, 9.17) is 16.3 Å². The number of hydrogen-bond donors (Lipinski definition) is 2. The molecule has 0 bridgehead atoms. The first-order valence-corrected chi connectivity index (χ1v) is 6.07. The molecule has 0 radical (unpaired) electrons. The van der Waals surface area contributed by atoms with Gasteiger partial charge in [-0.05, 0) is 25.1 Å². The molecule has 2 aromatic rings. The van der Waals surface area contributed by atoms with Crippen LogP contribution in [0.2, 0.25) is 5.02 Å². The first kappa shape index (κ1) is 14.1. The molecule has 1 amide bonds. The third kappa shape index (κ3) is 3.16. The molecule has 0 saturated carbocycles. The maximum Gasteiger partial charge on any atom is 0.258 e. The lowest BCUT2D eigenvalue weighted by Crippen LogP contribution is -2.14. The van der Waals surface area contributed by atoms with Crippen LogP contribution < -0.4 is 10.1 Å². The molecule has 2 rings (SSSR count). The molecule has 0 spiro atoms. The summed E-state index contributed by atoms with van der Waals surface area (Å²) >= 11 is 5.75. The molecule has 2 N–H and O–H groups in total.